The second-order valence-electron chi connectivity index (χ2n) is 10.9. The number of carbonyl (C=O) groups is 1. The molecule has 4 rings (SSSR count). The minimum Gasteiger partial charge on any atom is -0.390 e. The van der Waals surface area contributed by atoms with Crippen LogP contribution in [0.4, 0.5) is 0 Å². The number of aliphatic hydroxyl groups is 1. The van der Waals surface area contributed by atoms with Crippen molar-refractivity contribution in [1.82, 2.24) is 15.2 Å². The number of hydrogen-bond acceptors (Lipinski definition) is 5. The van der Waals surface area contributed by atoms with Crippen LogP contribution in [0.2, 0.25) is 0 Å². The maximum Gasteiger partial charge on any atom is 0.222 e. The van der Waals surface area contributed by atoms with Crippen molar-refractivity contribution in [3.63, 3.8) is 0 Å². The van der Waals surface area contributed by atoms with Crippen molar-refractivity contribution < 1.29 is 14.6 Å². The number of nitrogens with zero attached hydrogens (tertiary/aromatic N) is 2. The highest BCUT2D eigenvalue weighted by molar-refractivity contribution is 5.76. The van der Waals surface area contributed by atoms with Gasteiger partial charge in [0.2, 0.25) is 5.91 Å². The molecule has 2 N–H and O–H groups in total. The van der Waals surface area contributed by atoms with E-state index in [-0.39, 0.29) is 16.7 Å². The lowest BCUT2D eigenvalue weighted by molar-refractivity contribution is -0.137. The zero-order valence-electron chi connectivity index (χ0n) is 19.4. The molecule has 2 saturated carbocycles. The van der Waals surface area contributed by atoms with E-state index in [0.717, 1.165) is 44.3 Å². The van der Waals surface area contributed by atoms with E-state index in [1.54, 1.807) is 0 Å². The number of amides is 1. The van der Waals surface area contributed by atoms with Gasteiger partial charge < -0.3 is 20.1 Å². The maximum absolute atomic E-state index is 13.0. The Bertz CT molecular complexity index is 761. The lowest BCUT2D eigenvalue weighted by Gasteiger charge is -2.51. The highest BCUT2D eigenvalue weighted by Crippen LogP contribution is 2.63. The average molecular weight is 430 g/mol. The minimum atomic E-state index is -0.616. The molecule has 2 aliphatic carbocycles. The molecule has 4 atom stereocenters. The van der Waals surface area contributed by atoms with Crippen LogP contribution in [0, 0.1) is 16.7 Å². The van der Waals surface area contributed by atoms with E-state index in [1.807, 2.05) is 30.2 Å². The molecular weight excluding hydrogens is 390 g/mol. The molecule has 0 aromatic carbocycles. The van der Waals surface area contributed by atoms with E-state index in [2.05, 4.69) is 30.2 Å². The minimum absolute atomic E-state index is 0.0302. The summed E-state index contributed by atoms with van der Waals surface area (Å²) in [5.41, 5.74) is 0.581. The second-order valence-corrected chi connectivity index (χ2v) is 10.9. The van der Waals surface area contributed by atoms with Crippen LogP contribution in [0.1, 0.15) is 65.0 Å². The predicted octanol–water partition coefficient (Wildman–Crippen LogP) is 3.15. The Balaban J connectivity index is 1.53. The first-order valence-corrected chi connectivity index (χ1v) is 11.9. The topological polar surface area (TPSA) is 74.7 Å². The third kappa shape index (κ3) is 4.81. The molecule has 0 spiro atoms. The van der Waals surface area contributed by atoms with Crippen LogP contribution in [0.3, 0.4) is 0 Å². The summed E-state index contributed by atoms with van der Waals surface area (Å²) in [5.74, 6) is 0.643. The highest BCUT2D eigenvalue weighted by atomic mass is 16.5. The second kappa shape index (κ2) is 8.80. The summed E-state index contributed by atoms with van der Waals surface area (Å²) < 4.78 is 5.42. The molecule has 1 aromatic rings. The van der Waals surface area contributed by atoms with Gasteiger partial charge in [-0.05, 0) is 67.9 Å². The van der Waals surface area contributed by atoms with Crippen LogP contribution < -0.4 is 5.32 Å². The van der Waals surface area contributed by atoms with E-state index in [0.29, 0.717) is 44.7 Å². The van der Waals surface area contributed by atoms with Gasteiger partial charge in [0.1, 0.15) is 0 Å². The molecule has 2 heterocycles. The Morgan fingerprint density at radius 1 is 1.23 bits per heavy atom. The molecule has 172 valence electrons. The van der Waals surface area contributed by atoms with Gasteiger partial charge in [0.25, 0.3) is 0 Å². The summed E-state index contributed by atoms with van der Waals surface area (Å²) in [5, 5.41) is 14.8. The van der Waals surface area contributed by atoms with E-state index < -0.39 is 5.60 Å². The van der Waals surface area contributed by atoms with Crippen molar-refractivity contribution in [2.45, 2.75) is 77.5 Å². The Labute approximate surface area is 186 Å². The zero-order valence-corrected chi connectivity index (χ0v) is 19.4. The van der Waals surface area contributed by atoms with Crippen molar-refractivity contribution in [2.75, 3.05) is 26.3 Å². The third-order valence-electron chi connectivity index (χ3n) is 8.26. The summed E-state index contributed by atoms with van der Waals surface area (Å²) in [6.07, 6.45) is 6.94. The molecule has 6 heteroatoms. The fourth-order valence-corrected chi connectivity index (χ4v) is 6.55. The Hall–Kier alpha value is -1.50. The molecular formula is C25H39N3O3. The Kier molecular flexibility index (Phi) is 6.44. The molecule has 3 aliphatic rings. The largest absolute Gasteiger partial charge is 0.390 e. The summed E-state index contributed by atoms with van der Waals surface area (Å²) in [6, 6.07) is 6.36. The number of pyridine rings is 1. The third-order valence-corrected chi connectivity index (χ3v) is 8.26. The lowest BCUT2D eigenvalue weighted by atomic mass is 9.57. The average Bonchev–Trinajstić information content (AvgIpc) is 2.98. The summed E-state index contributed by atoms with van der Waals surface area (Å²) in [6.45, 7) is 10.1. The van der Waals surface area contributed by atoms with E-state index in [9.17, 15) is 9.90 Å². The van der Waals surface area contributed by atoms with Gasteiger partial charge in [-0.3, -0.25) is 9.78 Å². The van der Waals surface area contributed by atoms with Crippen molar-refractivity contribution in [1.29, 1.82) is 0 Å². The molecule has 0 unspecified atom stereocenters. The summed E-state index contributed by atoms with van der Waals surface area (Å²) in [7, 11) is 0. The number of nitrogens with one attached hydrogen (secondary N) is 1. The van der Waals surface area contributed by atoms with E-state index in [1.165, 1.54) is 0 Å². The zero-order chi connectivity index (χ0) is 22.1. The number of fused-ring (bicyclic) bond motifs is 1. The normalized spacial score (nSPS) is 35.0. The van der Waals surface area contributed by atoms with Crippen LogP contribution >= 0.6 is 0 Å². The number of carbonyl (C=O) groups excluding carboxylic acids is 1. The van der Waals surface area contributed by atoms with Gasteiger partial charge in [-0.25, -0.2) is 0 Å². The fourth-order valence-electron chi connectivity index (χ4n) is 6.55. The molecule has 1 amide bonds. The Morgan fingerprint density at radius 2 is 2.00 bits per heavy atom. The summed E-state index contributed by atoms with van der Waals surface area (Å²) >= 11 is 0. The highest BCUT2D eigenvalue weighted by Gasteiger charge is 2.61. The van der Waals surface area contributed by atoms with Crippen molar-refractivity contribution >= 4 is 5.91 Å². The number of rotatable bonds is 6. The molecule has 1 aliphatic heterocycles. The maximum atomic E-state index is 13.0. The number of ether oxygens (including phenoxy) is 1. The quantitative estimate of drug-likeness (QED) is 0.727. The molecule has 0 bridgehead atoms. The van der Waals surface area contributed by atoms with Gasteiger partial charge in [-0.1, -0.05) is 19.9 Å². The monoisotopic (exact) mass is 429 g/mol. The SMILES string of the molecule is CC1(C)C[C@H](NCc2ccccn2)[C@]2(CCC(=O)N3CCOCC3)CC[C@@](C)(O)C[C@@H]12. The molecule has 0 radical (unpaired) electrons. The molecule has 31 heavy (non-hydrogen) atoms. The fraction of sp³-hybridized carbons (Fsp3) is 0.760. The van der Waals surface area contributed by atoms with Crippen LogP contribution in [0.15, 0.2) is 24.4 Å². The number of aromatic nitrogens is 1. The standard InChI is InChI=1S/C25H39N3O3/c1-23(2)17-21(27-18-19-6-4-5-11-26-19)25(10-9-24(3,30)16-20(23)25)8-7-22(29)28-12-14-31-15-13-28/h4-6,11,20-21,27,30H,7-10,12-18H2,1-3H3/t20-,21-,24+,25+/m0/s1. The first-order chi connectivity index (χ1) is 14.7. The lowest BCUT2D eigenvalue weighted by Crippen LogP contribution is -2.52. The van der Waals surface area contributed by atoms with Crippen molar-refractivity contribution in [3.8, 4) is 0 Å². The van der Waals surface area contributed by atoms with Gasteiger partial charge in [-0.15, -0.1) is 0 Å². The van der Waals surface area contributed by atoms with Gasteiger partial charge in [0, 0.05) is 38.3 Å². The molecule has 1 saturated heterocycles. The molecule has 1 aromatic heterocycles. The molecule has 3 fully saturated rings. The van der Waals surface area contributed by atoms with Crippen LogP contribution in [-0.4, -0.2) is 58.8 Å². The van der Waals surface area contributed by atoms with Crippen LogP contribution in [-0.2, 0) is 16.1 Å². The van der Waals surface area contributed by atoms with Gasteiger partial charge >= 0.3 is 0 Å². The van der Waals surface area contributed by atoms with Gasteiger partial charge in [0.15, 0.2) is 0 Å². The van der Waals surface area contributed by atoms with Crippen LogP contribution in [0.5, 0.6) is 0 Å². The number of morpholine rings is 1. The van der Waals surface area contributed by atoms with Crippen molar-refractivity contribution in [2.24, 2.45) is 16.7 Å². The first kappa shape index (κ1) is 22.7. The van der Waals surface area contributed by atoms with Gasteiger partial charge in [-0.2, -0.15) is 0 Å². The smallest absolute Gasteiger partial charge is 0.222 e. The summed E-state index contributed by atoms with van der Waals surface area (Å²) in [4.78, 5) is 19.4. The van der Waals surface area contributed by atoms with E-state index in [4.69, 9.17) is 4.74 Å². The van der Waals surface area contributed by atoms with Gasteiger partial charge in [0.05, 0.1) is 24.5 Å². The molecule has 6 nitrogen and oxygen atoms in total. The van der Waals surface area contributed by atoms with Crippen LogP contribution in [0.25, 0.3) is 0 Å². The van der Waals surface area contributed by atoms with E-state index >= 15 is 0 Å². The number of hydrogen-bond donors (Lipinski definition) is 2. The predicted molar refractivity (Wildman–Crippen MR) is 120 cm³/mol. The van der Waals surface area contributed by atoms with Crippen molar-refractivity contribution in [3.05, 3.63) is 30.1 Å². The Morgan fingerprint density at radius 3 is 2.71 bits per heavy atom. The first-order valence-electron chi connectivity index (χ1n) is 11.9.